The van der Waals surface area contributed by atoms with Crippen LogP contribution >= 0.6 is 0 Å². The monoisotopic (exact) mass is 438 g/mol. The zero-order valence-corrected chi connectivity index (χ0v) is 18.5. The third kappa shape index (κ3) is 4.71. The molecule has 1 saturated heterocycles. The number of hydrogen-bond donors (Lipinski definition) is 0. The summed E-state index contributed by atoms with van der Waals surface area (Å²) in [6.45, 7) is 4.47. The minimum atomic E-state index is -3.31. The first-order chi connectivity index (χ1) is 14.8. The summed E-state index contributed by atoms with van der Waals surface area (Å²) in [4.78, 5) is 19.3. The second-order valence-electron chi connectivity index (χ2n) is 8.12. The van der Waals surface area contributed by atoms with Gasteiger partial charge in [0.1, 0.15) is 6.10 Å². The molecule has 0 aliphatic carbocycles. The molecule has 1 aliphatic rings. The van der Waals surface area contributed by atoms with Crippen molar-refractivity contribution in [1.82, 2.24) is 9.88 Å². The highest BCUT2D eigenvalue weighted by atomic mass is 32.2. The van der Waals surface area contributed by atoms with Gasteiger partial charge in [0.15, 0.2) is 9.84 Å². The molecule has 1 amide bonds. The van der Waals surface area contributed by atoms with Gasteiger partial charge in [-0.2, -0.15) is 0 Å². The lowest BCUT2D eigenvalue weighted by molar-refractivity contribution is -0.129. The van der Waals surface area contributed by atoms with Crippen molar-refractivity contribution in [3.63, 3.8) is 0 Å². The van der Waals surface area contributed by atoms with E-state index in [1.807, 2.05) is 36.4 Å². The number of nitrogens with zero attached hydrogens (tertiary/aromatic N) is 2. The van der Waals surface area contributed by atoms with E-state index in [1.165, 1.54) is 0 Å². The maximum absolute atomic E-state index is 12.7. The molecule has 1 unspecified atom stereocenters. The van der Waals surface area contributed by atoms with Crippen LogP contribution in [-0.4, -0.2) is 48.7 Å². The molecule has 7 heteroatoms. The molecule has 1 atom stereocenters. The Morgan fingerprint density at radius 3 is 2.58 bits per heavy atom. The van der Waals surface area contributed by atoms with E-state index in [4.69, 9.17) is 4.74 Å². The molecule has 2 heterocycles. The molecule has 0 bridgehead atoms. The third-order valence-electron chi connectivity index (χ3n) is 5.59. The van der Waals surface area contributed by atoms with Gasteiger partial charge in [-0.15, -0.1) is 0 Å². The number of carbonyl (C=O) groups is 1. The number of aromatic nitrogens is 1. The molecule has 2 aromatic carbocycles. The largest absolute Gasteiger partial charge is 0.472 e. The van der Waals surface area contributed by atoms with Crippen LogP contribution in [0.15, 0.2) is 65.6 Å². The van der Waals surface area contributed by atoms with Crippen LogP contribution in [0.3, 0.4) is 0 Å². The Morgan fingerprint density at radius 1 is 1.10 bits per heavy atom. The molecule has 0 saturated carbocycles. The highest BCUT2D eigenvalue weighted by molar-refractivity contribution is 7.92. The summed E-state index contributed by atoms with van der Waals surface area (Å²) >= 11 is 0. The zero-order valence-electron chi connectivity index (χ0n) is 17.7. The quantitative estimate of drug-likeness (QED) is 0.587. The Morgan fingerprint density at radius 2 is 1.84 bits per heavy atom. The van der Waals surface area contributed by atoms with Crippen molar-refractivity contribution < 1.29 is 17.9 Å². The molecule has 4 rings (SSSR count). The Balaban J connectivity index is 1.35. The van der Waals surface area contributed by atoms with E-state index in [9.17, 15) is 13.2 Å². The highest BCUT2D eigenvalue weighted by Crippen LogP contribution is 2.21. The number of likely N-dealkylation sites (tertiary alicyclic amines) is 1. The van der Waals surface area contributed by atoms with Gasteiger partial charge in [-0.1, -0.05) is 30.3 Å². The Labute approximate surface area is 182 Å². The fourth-order valence-corrected chi connectivity index (χ4v) is 4.75. The van der Waals surface area contributed by atoms with Crippen LogP contribution in [0.25, 0.3) is 10.9 Å². The lowest BCUT2D eigenvalue weighted by Gasteiger charge is -2.17. The van der Waals surface area contributed by atoms with E-state index in [0.29, 0.717) is 19.0 Å². The summed E-state index contributed by atoms with van der Waals surface area (Å²) in [5.41, 5.74) is 1.68. The molecule has 0 radical (unpaired) electrons. The van der Waals surface area contributed by atoms with Gasteiger partial charge in [0.2, 0.25) is 11.8 Å². The van der Waals surface area contributed by atoms with Crippen LogP contribution in [0.1, 0.15) is 25.8 Å². The summed E-state index contributed by atoms with van der Waals surface area (Å²) in [7, 11) is -3.31. The van der Waals surface area contributed by atoms with Crippen molar-refractivity contribution in [3.05, 3.63) is 66.2 Å². The highest BCUT2D eigenvalue weighted by Gasteiger charge is 2.28. The van der Waals surface area contributed by atoms with Gasteiger partial charge in [0.25, 0.3) is 0 Å². The van der Waals surface area contributed by atoms with E-state index in [-0.39, 0.29) is 23.3 Å². The Bertz CT molecular complexity index is 1190. The molecule has 1 fully saturated rings. The predicted molar refractivity (Wildman–Crippen MR) is 120 cm³/mol. The first-order valence-corrected chi connectivity index (χ1v) is 12.0. The van der Waals surface area contributed by atoms with Crippen molar-refractivity contribution in [2.24, 2.45) is 0 Å². The molecule has 1 aliphatic heterocycles. The van der Waals surface area contributed by atoms with Crippen LogP contribution in [-0.2, 0) is 21.1 Å². The topological polar surface area (TPSA) is 76.6 Å². The first-order valence-electron chi connectivity index (χ1n) is 10.5. The minimum absolute atomic E-state index is 0.0111. The summed E-state index contributed by atoms with van der Waals surface area (Å²) in [6.07, 6.45) is 0.908. The summed E-state index contributed by atoms with van der Waals surface area (Å²) in [6, 6.07) is 18.3. The maximum atomic E-state index is 12.7. The number of fused-ring (bicyclic) bond motifs is 1. The average Bonchev–Trinajstić information content (AvgIpc) is 3.22. The first kappa shape index (κ1) is 21.3. The second kappa shape index (κ2) is 8.67. The molecule has 0 spiro atoms. The molecule has 31 heavy (non-hydrogen) atoms. The van der Waals surface area contributed by atoms with Gasteiger partial charge in [-0.3, -0.25) is 4.79 Å². The molecule has 0 N–H and O–H groups in total. The number of pyridine rings is 1. The van der Waals surface area contributed by atoms with Crippen LogP contribution in [0, 0.1) is 0 Å². The van der Waals surface area contributed by atoms with Crippen molar-refractivity contribution in [3.8, 4) is 5.88 Å². The van der Waals surface area contributed by atoms with E-state index in [2.05, 4.69) is 4.98 Å². The lowest BCUT2D eigenvalue weighted by Crippen LogP contribution is -2.32. The summed E-state index contributed by atoms with van der Waals surface area (Å²) in [5, 5.41) is 0.587. The fraction of sp³-hybridized carbons (Fsp3) is 0.333. The van der Waals surface area contributed by atoms with Gasteiger partial charge in [-0.25, -0.2) is 13.4 Å². The average molecular weight is 439 g/mol. The Kier molecular flexibility index (Phi) is 5.96. The summed E-state index contributed by atoms with van der Waals surface area (Å²) in [5.74, 6) is 0.581. The number of ether oxygens (including phenoxy) is 1. The lowest BCUT2D eigenvalue weighted by atomic mass is 10.1. The van der Waals surface area contributed by atoms with Crippen molar-refractivity contribution in [1.29, 1.82) is 0 Å². The van der Waals surface area contributed by atoms with Crippen LogP contribution < -0.4 is 4.74 Å². The minimum Gasteiger partial charge on any atom is -0.472 e. The summed E-state index contributed by atoms with van der Waals surface area (Å²) < 4.78 is 30.5. The smallest absolute Gasteiger partial charge is 0.227 e. The molecular weight excluding hydrogens is 412 g/mol. The van der Waals surface area contributed by atoms with Gasteiger partial charge < -0.3 is 9.64 Å². The molecule has 3 aromatic rings. The standard InChI is InChI=1S/C24H26N2O4S/c1-17(2)31(28,29)21-10-7-18(8-11-21)15-24(27)26-14-13-20(16-26)30-23-12-9-19-5-3-4-6-22(19)25-23/h3-12,17,20H,13-16H2,1-2H3. The predicted octanol–water partition coefficient (Wildman–Crippen LogP) is 3.64. The normalized spacial score (nSPS) is 16.7. The number of sulfone groups is 1. The number of carbonyl (C=O) groups excluding carboxylic acids is 1. The third-order valence-corrected chi connectivity index (χ3v) is 7.76. The molecular formula is C24H26N2O4S. The van der Waals surface area contributed by atoms with Crippen LogP contribution in [0.2, 0.25) is 0 Å². The second-order valence-corrected chi connectivity index (χ2v) is 10.6. The molecule has 1 aromatic heterocycles. The van der Waals surface area contributed by atoms with E-state index >= 15 is 0 Å². The number of rotatable bonds is 6. The van der Waals surface area contributed by atoms with E-state index in [0.717, 1.165) is 22.9 Å². The van der Waals surface area contributed by atoms with Gasteiger partial charge in [0.05, 0.1) is 28.6 Å². The van der Waals surface area contributed by atoms with Crippen molar-refractivity contribution in [2.75, 3.05) is 13.1 Å². The van der Waals surface area contributed by atoms with Crippen LogP contribution in [0.5, 0.6) is 5.88 Å². The van der Waals surface area contributed by atoms with Crippen LogP contribution in [0.4, 0.5) is 0 Å². The number of benzene rings is 2. The van der Waals surface area contributed by atoms with Crippen molar-refractivity contribution >= 4 is 26.6 Å². The van der Waals surface area contributed by atoms with Gasteiger partial charge in [0, 0.05) is 24.4 Å². The van der Waals surface area contributed by atoms with Gasteiger partial charge >= 0.3 is 0 Å². The van der Waals surface area contributed by atoms with Crippen molar-refractivity contribution in [2.45, 2.75) is 42.9 Å². The van der Waals surface area contributed by atoms with E-state index < -0.39 is 15.1 Å². The van der Waals surface area contributed by atoms with E-state index in [1.54, 1.807) is 43.0 Å². The number of hydrogen-bond acceptors (Lipinski definition) is 5. The fourth-order valence-electron chi connectivity index (χ4n) is 3.69. The maximum Gasteiger partial charge on any atom is 0.227 e. The molecule has 6 nitrogen and oxygen atoms in total. The number of para-hydroxylation sites is 1. The van der Waals surface area contributed by atoms with Gasteiger partial charge in [-0.05, 0) is 43.7 Å². The Hall–Kier alpha value is -2.93. The number of amides is 1. The zero-order chi connectivity index (χ0) is 22.0. The SMILES string of the molecule is CC(C)S(=O)(=O)c1ccc(CC(=O)N2CCC(Oc3ccc4ccccc4n3)C2)cc1. The molecule has 162 valence electrons.